The molecular weight excluding hydrogens is 252 g/mol. The number of aromatic nitrogens is 2. The van der Waals surface area contributed by atoms with Crippen LogP contribution >= 0.6 is 0 Å². The van der Waals surface area contributed by atoms with Crippen LogP contribution in [0.2, 0.25) is 0 Å². The molecule has 0 aromatic carbocycles. The molecule has 0 atom stereocenters. The van der Waals surface area contributed by atoms with Gasteiger partial charge in [0.15, 0.2) is 0 Å². The van der Waals surface area contributed by atoms with Gasteiger partial charge in [0.2, 0.25) is 0 Å². The average Bonchev–Trinajstić information content (AvgIpc) is 2.44. The predicted octanol–water partition coefficient (Wildman–Crippen LogP) is 0.921. The van der Waals surface area contributed by atoms with Crippen molar-refractivity contribution in [1.29, 1.82) is 0 Å². The number of nitrogens with zero attached hydrogens (tertiary/aromatic N) is 4. The largest absolute Gasteiger partial charge is 0.395 e. The van der Waals surface area contributed by atoms with Crippen molar-refractivity contribution in [3.8, 4) is 0 Å². The van der Waals surface area contributed by atoms with E-state index in [9.17, 15) is 0 Å². The van der Waals surface area contributed by atoms with Crippen molar-refractivity contribution in [3.63, 3.8) is 0 Å². The van der Waals surface area contributed by atoms with Crippen molar-refractivity contribution in [2.24, 2.45) is 5.92 Å². The molecule has 0 amide bonds. The van der Waals surface area contributed by atoms with Gasteiger partial charge < -0.3 is 14.9 Å². The number of β-amino-alcohol motifs (C(OH)–C–C–N with tert-alkyl or cyclic N) is 1. The van der Waals surface area contributed by atoms with Gasteiger partial charge in [0.1, 0.15) is 0 Å². The lowest BCUT2D eigenvalue weighted by Crippen LogP contribution is -2.38. The number of aliphatic hydroxyl groups is 1. The Morgan fingerprint density at radius 1 is 1.30 bits per heavy atom. The standard InChI is InChI=1S/C15H26N4O/c1-13-9-17-15(10-16-13)12-18(2)11-14-3-5-19(6-4-14)7-8-20/h9-10,14,20H,3-8,11-12H2,1-2H3. The first-order chi connectivity index (χ1) is 9.67. The minimum absolute atomic E-state index is 0.274. The van der Waals surface area contributed by atoms with Crippen molar-refractivity contribution < 1.29 is 5.11 Å². The molecule has 0 bridgehead atoms. The molecule has 1 aliphatic heterocycles. The molecule has 2 heterocycles. The number of hydrogen-bond donors (Lipinski definition) is 1. The summed E-state index contributed by atoms with van der Waals surface area (Å²) in [6, 6.07) is 0. The molecule has 1 saturated heterocycles. The molecule has 0 aliphatic carbocycles. The Kier molecular flexibility index (Phi) is 5.88. The Balaban J connectivity index is 1.72. The number of hydrogen-bond acceptors (Lipinski definition) is 5. The van der Waals surface area contributed by atoms with E-state index in [1.807, 2.05) is 19.3 Å². The topological polar surface area (TPSA) is 52.5 Å². The van der Waals surface area contributed by atoms with Gasteiger partial charge >= 0.3 is 0 Å². The zero-order valence-corrected chi connectivity index (χ0v) is 12.6. The van der Waals surface area contributed by atoms with E-state index in [4.69, 9.17) is 5.11 Å². The second kappa shape index (κ2) is 7.67. The van der Waals surface area contributed by atoms with Crippen molar-refractivity contribution >= 4 is 0 Å². The molecule has 2 rings (SSSR count). The van der Waals surface area contributed by atoms with E-state index in [2.05, 4.69) is 26.8 Å². The number of piperidine rings is 1. The molecule has 20 heavy (non-hydrogen) atoms. The lowest BCUT2D eigenvalue weighted by atomic mass is 9.96. The number of rotatable bonds is 6. The Morgan fingerprint density at radius 2 is 2.05 bits per heavy atom. The molecule has 5 heteroatoms. The monoisotopic (exact) mass is 278 g/mol. The molecule has 0 unspecified atom stereocenters. The summed E-state index contributed by atoms with van der Waals surface area (Å²) in [7, 11) is 2.15. The SMILES string of the molecule is Cc1cnc(CN(C)CC2CCN(CCO)CC2)cn1. The second-order valence-corrected chi connectivity index (χ2v) is 5.85. The van der Waals surface area contributed by atoms with Crippen LogP contribution in [-0.4, -0.2) is 64.7 Å². The molecule has 1 aliphatic rings. The third-order valence-corrected chi connectivity index (χ3v) is 3.96. The highest BCUT2D eigenvalue weighted by molar-refractivity contribution is 5.00. The van der Waals surface area contributed by atoms with Crippen LogP contribution in [0.15, 0.2) is 12.4 Å². The summed E-state index contributed by atoms with van der Waals surface area (Å²) < 4.78 is 0. The molecule has 5 nitrogen and oxygen atoms in total. The highest BCUT2D eigenvalue weighted by Crippen LogP contribution is 2.18. The predicted molar refractivity (Wildman–Crippen MR) is 79.4 cm³/mol. The molecule has 1 aromatic heterocycles. The maximum atomic E-state index is 8.95. The first-order valence-corrected chi connectivity index (χ1v) is 7.46. The highest BCUT2D eigenvalue weighted by Gasteiger charge is 2.20. The van der Waals surface area contributed by atoms with Crippen LogP contribution in [0.25, 0.3) is 0 Å². The Labute approximate surface area is 121 Å². The molecule has 1 fully saturated rings. The fourth-order valence-electron chi connectivity index (χ4n) is 2.82. The van der Waals surface area contributed by atoms with Gasteiger partial charge in [-0.05, 0) is 45.8 Å². The van der Waals surface area contributed by atoms with Crippen molar-refractivity contribution in [1.82, 2.24) is 19.8 Å². The second-order valence-electron chi connectivity index (χ2n) is 5.85. The fraction of sp³-hybridized carbons (Fsp3) is 0.733. The number of aliphatic hydroxyl groups excluding tert-OH is 1. The Hall–Kier alpha value is -1.04. The van der Waals surface area contributed by atoms with E-state index in [0.717, 1.165) is 50.0 Å². The third-order valence-electron chi connectivity index (χ3n) is 3.96. The van der Waals surface area contributed by atoms with E-state index < -0.39 is 0 Å². The zero-order chi connectivity index (χ0) is 14.4. The summed E-state index contributed by atoms with van der Waals surface area (Å²) >= 11 is 0. The van der Waals surface area contributed by atoms with Crippen LogP contribution in [-0.2, 0) is 6.54 Å². The van der Waals surface area contributed by atoms with Crippen LogP contribution < -0.4 is 0 Å². The van der Waals surface area contributed by atoms with Gasteiger partial charge in [-0.25, -0.2) is 0 Å². The van der Waals surface area contributed by atoms with Crippen molar-refractivity contribution in [2.45, 2.75) is 26.3 Å². The van der Waals surface area contributed by atoms with Gasteiger partial charge in [-0.2, -0.15) is 0 Å². The average molecular weight is 278 g/mol. The maximum Gasteiger partial charge on any atom is 0.0726 e. The van der Waals surface area contributed by atoms with Gasteiger partial charge in [-0.15, -0.1) is 0 Å². The first-order valence-electron chi connectivity index (χ1n) is 7.46. The lowest BCUT2D eigenvalue weighted by molar-refractivity contribution is 0.129. The van der Waals surface area contributed by atoms with Gasteiger partial charge in [-0.3, -0.25) is 9.97 Å². The Morgan fingerprint density at radius 3 is 2.65 bits per heavy atom. The smallest absolute Gasteiger partial charge is 0.0726 e. The van der Waals surface area contributed by atoms with E-state index in [1.54, 1.807) is 0 Å². The van der Waals surface area contributed by atoms with E-state index in [-0.39, 0.29) is 6.61 Å². The molecule has 1 N–H and O–H groups in total. The third kappa shape index (κ3) is 4.81. The zero-order valence-electron chi connectivity index (χ0n) is 12.6. The van der Waals surface area contributed by atoms with Crippen LogP contribution in [0, 0.1) is 12.8 Å². The molecule has 112 valence electrons. The van der Waals surface area contributed by atoms with E-state index in [1.165, 1.54) is 12.8 Å². The summed E-state index contributed by atoms with van der Waals surface area (Å²) in [5.41, 5.74) is 2.00. The van der Waals surface area contributed by atoms with Gasteiger partial charge in [0.25, 0.3) is 0 Å². The lowest BCUT2D eigenvalue weighted by Gasteiger charge is -2.33. The fourth-order valence-corrected chi connectivity index (χ4v) is 2.82. The van der Waals surface area contributed by atoms with E-state index in [0.29, 0.717) is 0 Å². The summed E-state index contributed by atoms with van der Waals surface area (Å²) in [5, 5.41) is 8.95. The van der Waals surface area contributed by atoms with Crippen molar-refractivity contribution in [3.05, 3.63) is 23.8 Å². The summed E-state index contributed by atoms with van der Waals surface area (Å²) in [5.74, 6) is 0.758. The van der Waals surface area contributed by atoms with Gasteiger partial charge in [0, 0.05) is 32.0 Å². The first kappa shape index (κ1) is 15.4. The quantitative estimate of drug-likeness (QED) is 0.838. The normalized spacial score (nSPS) is 17.8. The minimum Gasteiger partial charge on any atom is -0.395 e. The van der Waals surface area contributed by atoms with Crippen molar-refractivity contribution in [2.75, 3.05) is 39.8 Å². The summed E-state index contributed by atoms with van der Waals surface area (Å²) in [6.45, 7) is 7.26. The van der Waals surface area contributed by atoms with E-state index >= 15 is 0 Å². The molecule has 0 radical (unpaired) electrons. The van der Waals surface area contributed by atoms with Gasteiger partial charge in [-0.1, -0.05) is 0 Å². The molecule has 0 spiro atoms. The summed E-state index contributed by atoms with van der Waals surface area (Å²) in [6.07, 6.45) is 6.15. The van der Waals surface area contributed by atoms with Crippen LogP contribution in [0.5, 0.6) is 0 Å². The number of aryl methyl sites for hydroxylation is 1. The molecule has 0 saturated carbocycles. The minimum atomic E-state index is 0.274. The van der Waals surface area contributed by atoms with Gasteiger partial charge in [0.05, 0.1) is 18.0 Å². The van der Waals surface area contributed by atoms with Crippen LogP contribution in [0.1, 0.15) is 24.2 Å². The Bertz CT molecular complexity index is 387. The maximum absolute atomic E-state index is 8.95. The molecule has 1 aromatic rings. The van der Waals surface area contributed by atoms with Crippen LogP contribution in [0.3, 0.4) is 0 Å². The number of likely N-dealkylation sites (tertiary alicyclic amines) is 1. The molecular formula is C15H26N4O. The summed E-state index contributed by atoms with van der Waals surface area (Å²) in [4.78, 5) is 13.4. The van der Waals surface area contributed by atoms with Crippen LogP contribution in [0.4, 0.5) is 0 Å². The highest BCUT2D eigenvalue weighted by atomic mass is 16.3.